The lowest BCUT2D eigenvalue weighted by Crippen LogP contribution is -2.28. The molecule has 1 heterocycles. The molecule has 7 heteroatoms. The standard InChI is InChI=1S/C30H30N2O4S/c1-5-10-23-17-22(18-26(35-4)28(23)36-20-21-11-8-7-9-12-21)19-27-29(33)32(6-2)30(37-27)31-24-13-15-25(34-3)16-14-24/h5,7-9,11-19H,1,6,10,20H2,2-4H3/b27-19+,31-30?. The minimum absolute atomic E-state index is 0.0756. The number of methoxy groups -OCH3 is 2. The molecule has 0 N–H and O–H groups in total. The Bertz CT molecular complexity index is 1320. The second-order valence-corrected chi connectivity index (χ2v) is 9.24. The van der Waals surface area contributed by atoms with E-state index in [2.05, 4.69) is 6.58 Å². The molecule has 0 spiro atoms. The number of ether oxygens (including phenoxy) is 3. The highest BCUT2D eigenvalue weighted by Crippen LogP contribution is 2.38. The molecule has 1 amide bonds. The highest BCUT2D eigenvalue weighted by Gasteiger charge is 2.32. The van der Waals surface area contributed by atoms with Crippen molar-refractivity contribution >= 4 is 34.6 Å². The molecule has 0 radical (unpaired) electrons. The van der Waals surface area contributed by atoms with Gasteiger partial charge in [0.2, 0.25) is 0 Å². The van der Waals surface area contributed by atoms with Crippen molar-refractivity contribution in [3.05, 3.63) is 101 Å². The third-order valence-corrected chi connectivity index (χ3v) is 6.77. The van der Waals surface area contributed by atoms with Crippen molar-refractivity contribution in [2.45, 2.75) is 20.0 Å². The summed E-state index contributed by atoms with van der Waals surface area (Å²) in [7, 11) is 3.24. The fraction of sp³-hybridized carbons (Fsp3) is 0.200. The normalized spacial score (nSPS) is 15.3. The Morgan fingerprint density at radius 3 is 2.43 bits per heavy atom. The van der Waals surface area contributed by atoms with Crippen LogP contribution in [0.1, 0.15) is 23.6 Å². The van der Waals surface area contributed by atoms with Gasteiger partial charge < -0.3 is 14.2 Å². The Morgan fingerprint density at radius 1 is 1.03 bits per heavy atom. The molecule has 0 bridgehead atoms. The van der Waals surface area contributed by atoms with Crippen molar-refractivity contribution in [1.29, 1.82) is 0 Å². The van der Waals surface area contributed by atoms with Crippen LogP contribution in [0.25, 0.3) is 6.08 Å². The van der Waals surface area contributed by atoms with E-state index in [1.807, 2.05) is 85.8 Å². The first kappa shape index (κ1) is 26.1. The maximum Gasteiger partial charge on any atom is 0.266 e. The van der Waals surface area contributed by atoms with E-state index >= 15 is 0 Å². The summed E-state index contributed by atoms with van der Waals surface area (Å²) in [5.41, 5.74) is 3.60. The molecule has 1 fully saturated rings. The number of aliphatic imine (C=N–C) groups is 1. The van der Waals surface area contributed by atoms with E-state index in [9.17, 15) is 4.79 Å². The summed E-state index contributed by atoms with van der Waals surface area (Å²) in [4.78, 5) is 20.2. The number of nitrogens with zero attached hydrogens (tertiary/aromatic N) is 2. The highest BCUT2D eigenvalue weighted by atomic mass is 32.2. The van der Waals surface area contributed by atoms with Crippen LogP contribution >= 0.6 is 11.8 Å². The summed E-state index contributed by atoms with van der Waals surface area (Å²) < 4.78 is 17.1. The third kappa shape index (κ3) is 6.24. The molecule has 4 rings (SSSR count). The van der Waals surface area contributed by atoms with E-state index < -0.39 is 0 Å². The summed E-state index contributed by atoms with van der Waals surface area (Å²) >= 11 is 1.36. The van der Waals surface area contributed by atoms with Gasteiger partial charge in [-0.25, -0.2) is 4.99 Å². The molecule has 0 aliphatic carbocycles. The molecule has 1 saturated heterocycles. The predicted octanol–water partition coefficient (Wildman–Crippen LogP) is 6.64. The number of allylic oxidation sites excluding steroid dienone is 1. The van der Waals surface area contributed by atoms with Gasteiger partial charge in [-0.3, -0.25) is 9.69 Å². The summed E-state index contributed by atoms with van der Waals surface area (Å²) in [6, 6.07) is 21.3. The summed E-state index contributed by atoms with van der Waals surface area (Å²) in [5, 5.41) is 0.644. The molecule has 0 unspecified atom stereocenters. The second kappa shape index (κ2) is 12.3. The van der Waals surface area contributed by atoms with E-state index in [1.54, 1.807) is 19.1 Å². The Hall–Kier alpha value is -3.97. The molecular weight excluding hydrogens is 484 g/mol. The fourth-order valence-electron chi connectivity index (χ4n) is 3.91. The van der Waals surface area contributed by atoms with Gasteiger partial charge in [0.15, 0.2) is 16.7 Å². The van der Waals surface area contributed by atoms with Crippen LogP contribution in [0.3, 0.4) is 0 Å². The number of thioether (sulfide) groups is 1. The van der Waals surface area contributed by atoms with Gasteiger partial charge in [-0.05, 0) is 78.7 Å². The highest BCUT2D eigenvalue weighted by molar-refractivity contribution is 8.18. The first-order valence-corrected chi connectivity index (χ1v) is 12.8. The first-order valence-electron chi connectivity index (χ1n) is 12.0. The second-order valence-electron chi connectivity index (χ2n) is 8.23. The lowest BCUT2D eigenvalue weighted by atomic mass is 10.0. The number of amidine groups is 1. The van der Waals surface area contributed by atoms with Gasteiger partial charge >= 0.3 is 0 Å². The number of amides is 1. The van der Waals surface area contributed by atoms with E-state index in [4.69, 9.17) is 19.2 Å². The minimum Gasteiger partial charge on any atom is -0.497 e. The molecule has 0 atom stereocenters. The van der Waals surface area contributed by atoms with Crippen LogP contribution in [-0.4, -0.2) is 36.7 Å². The monoisotopic (exact) mass is 514 g/mol. The first-order chi connectivity index (χ1) is 18.1. The lowest BCUT2D eigenvalue weighted by Gasteiger charge is -2.16. The number of carbonyl (C=O) groups is 1. The van der Waals surface area contributed by atoms with Crippen molar-refractivity contribution in [1.82, 2.24) is 4.90 Å². The van der Waals surface area contributed by atoms with Crippen LogP contribution in [0.5, 0.6) is 17.2 Å². The SMILES string of the molecule is C=CCc1cc(/C=C2/SC(=Nc3ccc(OC)cc3)N(CC)C2=O)cc(OC)c1OCc1ccccc1. The quantitative estimate of drug-likeness (QED) is 0.224. The van der Waals surface area contributed by atoms with E-state index in [0.717, 1.165) is 28.1 Å². The topological polar surface area (TPSA) is 60.4 Å². The number of hydrogen-bond donors (Lipinski definition) is 0. The average Bonchev–Trinajstić information content (AvgIpc) is 3.22. The molecule has 6 nitrogen and oxygen atoms in total. The molecule has 3 aromatic rings. The average molecular weight is 515 g/mol. The molecule has 1 aliphatic rings. The molecule has 37 heavy (non-hydrogen) atoms. The van der Waals surface area contributed by atoms with E-state index in [0.29, 0.717) is 41.1 Å². The molecular formula is C30H30N2O4S. The van der Waals surface area contributed by atoms with Gasteiger partial charge in [-0.2, -0.15) is 0 Å². The van der Waals surface area contributed by atoms with Gasteiger partial charge in [0.05, 0.1) is 24.8 Å². The molecule has 0 aromatic heterocycles. The van der Waals surface area contributed by atoms with Crippen molar-refractivity contribution in [3.8, 4) is 17.2 Å². The van der Waals surface area contributed by atoms with Gasteiger partial charge in [-0.1, -0.05) is 36.4 Å². The smallest absolute Gasteiger partial charge is 0.266 e. The number of rotatable bonds is 10. The number of carbonyl (C=O) groups excluding carboxylic acids is 1. The zero-order valence-corrected chi connectivity index (χ0v) is 22.1. The largest absolute Gasteiger partial charge is 0.497 e. The van der Waals surface area contributed by atoms with Crippen LogP contribution in [0.4, 0.5) is 5.69 Å². The van der Waals surface area contributed by atoms with Crippen LogP contribution in [0.2, 0.25) is 0 Å². The van der Waals surface area contributed by atoms with Gasteiger partial charge in [0.1, 0.15) is 12.4 Å². The third-order valence-electron chi connectivity index (χ3n) is 5.76. The molecule has 1 aliphatic heterocycles. The number of hydrogen-bond acceptors (Lipinski definition) is 6. The number of benzene rings is 3. The van der Waals surface area contributed by atoms with E-state index in [1.165, 1.54) is 11.8 Å². The molecule has 3 aromatic carbocycles. The minimum atomic E-state index is -0.0756. The maximum atomic E-state index is 13.2. The van der Waals surface area contributed by atoms with Crippen molar-refractivity contribution in [2.24, 2.45) is 4.99 Å². The fourth-order valence-corrected chi connectivity index (χ4v) is 4.97. The Balaban J connectivity index is 1.64. The van der Waals surface area contributed by atoms with E-state index in [-0.39, 0.29) is 5.91 Å². The Labute approximate surface area is 222 Å². The molecule has 0 saturated carbocycles. The molecule has 190 valence electrons. The zero-order valence-electron chi connectivity index (χ0n) is 21.3. The Kier molecular flexibility index (Phi) is 8.69. The van der Waals surface area contributed by atoms with Crippen LogP contribution in [0.15, 0.2) is 89.3 Å². The zero-order chi connectivity index (χ0) is 26.2. The summed E-state index contributed by atoms with van der Waals surface area (Å²) in [6.07, 6.45) is 4.31. The van der Waals surface area contributed by atoms with Crippen molar-refractivity contribution in [2.75, 3.05) is 20.8 Å². The Morgan fingerprint density at radius 2 is 1.78 bits per heavy atom. The lowest BCUT2D eigenvalue weighted by molar-refractivity contribution is -0.122. The van der Waals surface area contributed by atoms with Crippen LogP contribution in [0, 0.1) is 0 Å². The van der Waals surface area contributed by atoms with Crippen molar-refractivity contribution < 1.29 is 19.0 Å². The van der Waals surface area contributed by atoms with Crippen molar-refractivity contribution in [3.63, 3.8) is 0 Å². The van der Waals surface area contributed by atoms with Gasteiger partial charge in [0, 0.05) is 12.1 Å². The number of likely N-dealkylation sites (N-methyl/N-ethyl adjacent to an activating group) is 1. The van der Waals surface area contributed by atoms with Crippen LogP contribution < -0.4 is 14.2 Å². The van der Waals surface area contributed by atoms with Crippen LogP contribution in [-0.2, 0) is 17.8 Å². The van der Waals surface area contributed by atoms with Gasteiger partial charge in [0.25, 0.3) is 5.91 Å². The summed E-state index contributed by atoms with van der Waals surface area (Å²) in [5.74, 6) is 1.97. The van der Waals surface area contributed by atoms with Gasteiger partial charge in [-0.15, -0.1) is 6.58 Å². The predicted molar refractivity (Wildman–Crippen MR) is 151 cm³/mol. The summed E-state index contributed by atoms with van der Waals surface area (Å²) in [6.45, 7) is 6.78. The maximum absolute atomic E-state index is 13.2.